The van der Waals surface area contributed by atoms with E-state index in [4.69, 9.17) is 5.73 Å². The molecule has 1 aliphatic heterocycles. The van der Waals surface area contributed by atoms with Crippen molar-refractivity contribution in [1.82, 2.24) is 0 Å². The number of rotatable bonds is 0. The molecule has 1 heterocycles. The van der Waals surface area contributed by atoms with Gasteiger partial charge in [-0.05, 0) is 34.5 Å². The lowest BCUT2D eigenvalue weighted by Gasteiger charge is -2.14. The number of halogens is 1. The fourth-order valence-electron chi connectivity index (χ4n) is 2.74. The van der Waals surface area contributed by atoms with Gasteiger partial charge in [0.25, 0.3) is 0 Å². The number of primary amides is 1. The van der Waals surface area contributed by atoms with Gasteiger partial charge in [-0.1, -0.05) is 19.1 Å². The van der Waals surface area contributed by atoms with E-state index < -0.39 is 6.03 Å². The summed E-state index contributed by atoms with van der Waals surface area (Å²) < 4.78 is 13.2. The number of anilines is 1. The van der Waals surface area contributed by atoms with Crippen molar-refractivity contribution < 1.29 is 9.18 Å². The van der Waals surface area contributed by atoms with Crippen LogP contribution in [0.3, 0.4) is 0 Å². The van der Waals surface area contributed by atoms with Gasteiger partial charge in [-0.3, -0.25) is 4.90 Å². The van der Waals surface area contributed by atoms with Gasteiger partial charge in [-0.15, -0.1) is 0 Å². The van der Waals surface area contributed by atoms with Crippen molar-refractivity contribution in [3.05, 3.63) is 41.7 Å². The number of amides is 2. The largest absolute Gasteiger partial charge is 0.351 e. The van der Waals surface area contributed by atoms with E-state index in [0.717, 1.165) is 22.0 Å². The molecule has 18 heavy (non-hydrogen) atoms. The molecule has 0 aromatic heterocycles. The van der Waals surface area contributed by atoms with Crippen molar-refractivity contribution in [2.24, 2.45) is 5.73 Å². The summed E-state index contributed by atoms with van der Waals surface area (Å²) in [7, 11) is 0. The second kappa shape index (κ2) is 3.70. The molecule has 1 aliphatic rings. The Bertz CT molecular complexity index is 654. The molecule has 0 saturated carbocycles. The highest BCUT2D eigenvalue weighted by Crippen LogP contribution is 2.40. The molecule has 2 aromatic rings. The molecule has 2 amide bonds. The third-order valence-corrected chi connectivity index (χ3v) is 3.51. The monoisotopic (exact) mass is 244 g/mol. The van der Waals surface area contributed by atoms with Crippen LogP contribution in [-0.2, 0) is 0 Å². The van der Waals surface area contributed by atoms with E-state index in [-0.39, 0.29) is 11.7 Å². The van der Waals surface area contributed by atoms with Crippen LogP contribution in [0.1, 0.15) is 18.4 Å². The summed E-state index contributed by atoms with van der Waals surface area (Å²) in [6, 6.07) is 7.94. The molecule has 3 nitrogen and oxygen atoms in total. The molecule has 1 unspecified atom stereocenters. The van der Waals surface area contributed by atoms with Gasteiger partial charge in [0.15, 0.2) is 0 Å². The summed E-state index contributed by atoms with van der Waals surface area (Å²) in [5, 5.41) is 1.84. The third kappa shape index (κ3) is 1.45. The van der Waals surface area contributed by atoms with Gasteiger partial charge >= 0.3 is 6.03 Å². The lowest BCUT2D eigenvalue weighted by molar-refractivity contribution is 0.254. The van der Waals surface area contributed by atoms with E-state index in [1.807, 2.05) is 19.1 Å². The highest BCUT2D eigenvalue weighted by Gasteiger charge is 2.30. The van der Waals surface area contributed by atoms with Crippen LogP contribution in [0.4, 0.5) is 14.9 Å². The zero-order valence-electron chi connectivity index (χ0n) is 9.98. The van der Waals surface area contributed by atoms with Crippen LogP contribution >= 0.6 is 0 Å². The number of hydrogen-bond donors (Lipinski definition) is 1. The fraction of sp³-hybridized carbons (Fsp3) is 0.214. The van der Waals surface area contributed by atoms with Crippen LogP contribution in [0.5, 0.6) is 0 Å². The van der Waals surface area contributed by atoms with Gasteiger partial charge in [0.2, 0.25) is 0 Å². The highest BCUT2D eigenvalue weighted by atomic mass is 19.1. The fourth-order valence-corrected chi connectivity index (χ4v) is 2.74. The Labute approximate surface area is 104 Å². The second-order valence-electron chi connectivity index (χ2n) is 4.71. The SMILES string of the molecule is CC1CN(C(N)=O)c2ccc3cc(F)ccc3c21. The highest BCUT2D eigenvalue weighted by molar-refractivity contribution is 6.00. The number of hydrogen-bond acceptors (Lipinski definition) is 1. The van der Waals surface area contributed by atoms with Gasteiger partial charge in [-0.25, -0.2) is 9.18 Å². The topological polar surface area (TPSA) is 46.3 Å². The molecule has 0 saturated heterocycles. The zero-order valence-corrected chi connectivity index (χ0v) is 9.98. The minimum atomic E-state index is -0.443. The van der Waals surface area contributed by atoms with E-state index >= 15 is 0 Å². The number of fused-ring (bicyclic) bond motifs is 3. The lowest BCUT2D eigenvalue weighted by Crippen LogP contribution is -2.34. The van der Waals surface area contributed by atoms with E-state index in [9.17, 15) is 9.18 Å². The summed E-state index contributed by atoms with van der Waals surface area (Å²) in [4.78, 5) is 13.0. The number of carbonyl (C=O) groups is 1. The Kier molecular flexibility index (Phi) is 2.26. The van der Waals surface area contributed by atoms with Crippen LogP contribution in [0.15, 0.2) is 30.3 Å². The number of nitrogens with two attached hydrogens (primary N) is 1. The van der Waals surface area contributed by atoms with Gasteiger partial charge in [0.1, 0.15) is 5.82 Å². The van der Waals surface area contributed by atoms with Crippen LogP contribution in [0.2, 0.25) is 0 Å². The van der Waals surface area contributed by atoms with E-state index in [1.165, 1.54) is 12.1 Å². The summed E-state index contributed by atoms with van der Waals surface area (Å²) in [5.41, 5.74) is 7.29. The summed E-state index contributed by atoms with van der Waals surface area (Å²) >= 11 is 0. The Morgan fingerprint density at radius 1 is 1.39 bits per heavy atom. The Morgan fingerprint density at radius 3 is 2.89 bits per heavy atom. The Morgan fingerprint density at radius 2 is 2.17 bits per heavy atom. The van der Waals surface area contributed by atoms with Crippen LogP contribution in [0, 0.1) is 5.82 Å². The molecule has 2 N–H and O–H groups in total. The van der Waals surface area contributed by atoms with Gasteiger partial charge < -0.3 is 5.73 Å². The number of urea groups is 1. The van der Waals surface area contributed by atoms with Crippen LogP contribution < -0.4 is 10.6 Å². The van der Waals surface area contributed by atoms with E-state index in [2.05, 4.69) is 0 Å². The molecule has 0 radical (unpaired) electrons. The molecule has 4 heteroatoms. The molecule has 1 atom stereocenters. The second-order valence-corrected chi connectivity index (χ2v) is 4.71. The first-order valence-electron chi connectivity index (χ1n) is 5.87. The predicted molar refractivity (Wildman–Crippen MR) is 69.3 cm³/mol. The molecule has 0 bridgehead atoms. The van der Waals surface area contributed by atoms with E-state index in [0.29, 0.717) is 6.54 Å². The number of benzene rings is 2. The number of nitrogens with zero attached hydrogens (tertiary/aromatic N) is 1. The molecular formula is C14H13FN2O. The van der Waals surface area contributed by atoms with Crippen molar-refractivity contribution in [3.63, 3.8) is 0 Å². The quantitative estimate of drug-likeness (QED) is 0.760. The number of carbonyl (C=O) groups excluding carboxylic acids is 1. The first kappa shape index (κ1) is 11.0. The molecule has 0 fully saturated rings. The van der Waals surface area contributed by atoms with Gasteiger partial charge in [0, 0.05) is 18.2 Å². The average molecular weight is 244 g/mol. The van der Waals surface area contributed by atoms with Crippen LogP contribution in [0.25, 0.3) is 10.8 Å². The molecule has 0 aliphatic carbocycles. The molecule has 3 rings (SSSR count). The average Bonchev–Trinajstić information content (AvgIpc) is 2.67. The predicted octanol–water partition coefficient (Wildman–Crippen LogP) is 2.98. The minimum Gasteiger partial charge on any atom is -0.351 e. The van der Waals surface area contributed by atoms with Crippen molar-refractivity contribution in [1.29, 1.82) is 0 Å². The van der Waals surface area contributed by atoms with Crippen molar-refractivity contribution in [2.75, 3.05) is 11.4 Å². The lowest BCUT2D eigenvalue weighted by atomic mass is 9.96. The first-order chi connectivity index (χ1) is 8.58. The Balaban J connectivity index is 2.29. The summed E-state index contributed by atoms with van der Waals surface area (Å²) in [5.74, 6) is -0.0403. The third-order valence-electron chi connectivity index (χ3n) is 3.51. The van der Waals surface area contributed by atoms with Gasteiger partial charge in [-0.2, -0.15) is 0 Å². The maximum Gasteiger partial charge on any atom is 0.319 e. The maximum atomic E-state index is 13.2. The first-order valence-corrected chi connectivity index (χ1v) is 5.87. The standard InChI is InChI=1S/C14H13FN2O/c1-8-7-17(14(16)18)12-5-2-9-6-10(15)3-4-11(9)13(8)12/h2-6,8H,7H2,1H3,(H2,16,18). The van der Waals surface area contributed by atoms with Gasteiger partial charge in [0.05, 0.1) is 0 Å². The van der Waals surface area contributed by atoms with E-state index in [1.54, 1.807) is 11.0 Å². The molecule has 92 valence electrons. The smallest absolute Gasteiger partial charge is 0.319 e. The Hall–Kier alpha value is -2.10. The van der Waals surface area contributed by atoms with Crippen molar-refractivity contribution in [3.8, 4) is 0 Å². The normalized spacial score (nSPS) is 18.1. The van der Waals surface area contributed by atoms with Crippen LogP contribution in [-0.4, -0.2) is 12.6 Å². The minimum absolute atomic E-state index is 0.210. The summed E-state index contributed by atoms with van der Waals surface area (Å²) in [6.45, 7) is 2.63. The molecule has 0 spiro atoms. The maximum absolute atomic E-state index is 13.2. The molecule has 2 aromatic carbocycles. The molecular weight excluding hydrogens is 231 g/mol. The van der Waals surface area contributed by atoms with Crippen molar-refractivity contribution in [2.45, 2.75) is 12.8 Å². The zero-order chi connectivity index (χ0) is 12.9. The van der Waals surface area contributed by atoms with Crippen molar-refractivity contribution >= 4 is 22.5 Å². The summed E-state index contributed by atoms with van der Waals surface area (Å²) in [6.07, 6.45) is 0.